The van der Waals surface area contributed by atoms with Crippen molar-refractivity contribution in [2.24, 2.45) is 7.05 Å². The standard InChI is InChI=1S/C18H20N8OS/c1-10(7-20-2)13(19)9-26-18(27)15-12(8-22-26)16-17(25(15)3)23-14(28-16)6-11-4-5-21-24-11/h4-5,7-8,19-20H,6,9H2,1-3H3,(H,21,24)/b10-7-,19-13?. The van der Waals surface area contributed by atoms with Crippen molar-refractivity contribution in [3.05, 3.63) is 51.3 Å². The molecule has 4 heterocycles. The molecule has 4 rings (SSSR count). The minimum atomic E-state index is -0.221. The van der Waals surface area contributed by atoms with Gasteiger partial charge in [0.2, 0.25) is 0 Å². The summed E-state index contributed by atoms with van der Waals surface area (Å²) in [5, 5.41) is 24.1. The smallest absolute Gasteiger partial charge is 0.291 e. The number of aromatic nitrogens is 6. The first kappa shape index (κ1) is 18.1. The predicted molar refractivity (Wildman–Crippen MR) is 110 cm³/mol. The molecule has 3 N–H and O–H groups in total. The quantitative estimate of drug-likeness (QED) is 0.430. The number of thiazole rings is 1. The van der Waals surface area contributed by atoms with Gasteiger partial charge in [0.05, 0.1) is 28.8 Å². The fraction of sp³-hybridized carbons (Fsp3) is 0.278. The minimum Gasteiger partial charge on any atom is -0.394 e. The maximum Gasteiger partial charge on any atom is 0.291 e. The molecular weight excluding hydrogens is 376 g/mol. The van der Waals surface area contributed by atoms with E-state index in [1.807, 2.05) is 24.6 Å². The maximum atomic E-state index is 13.0. The molecule has 4 aromatic rings. The summed E-state index contributed by atoms with van der Waals surface area (Å²) < 4.78 is 4.09. The summed E-state index contributed by atoms with van der Waals surface area (Å²) in [6.45, 7) is 1.95. The molecule has 0 aliphatic rings. The number of allylic oxidation sites excluding steroid dienone is 1. The van der Waals surface area contributed by atoms with Crippen LogP contribution in [0.15, 0.2) is 35.0 Å². The lowest BCUT2D eigenvalue weighted by atomic mass is 10.2. The number of hydrogen-bond donors (Lipinski definition) is 3. The van der Waals surface area contributed by atoms with Crippen LogP contribution in [0.5, 0.6) is 0 Å². The lowest BCUT2D eigenvalue weighted by molar-refractivity contribution is 0.673. The van der Waals surface area contributed by atoms with Gasteiger partial charge in [-0.25, -0.2) is 9.67 Å². The van der Waals surface area contributed by atoms with Crippen molar-refractivity contribution in [3.8, 4) is 0 Å². The van der Waals surface area contributed by atoms with E-state index in [0.717, 1.165) is 32.0 Å². The maximum absolute atomic E-state index is 13.0. The zero-order chi connectivity index (χ0) is 19.8. The molecule has 9 nitrogen and oxygen atoms in total. The van der Waals surface area contributed by atoms with Crippen LogP contribution in [0.4, 0.5) is 0 Å². The third kappa shape index (κ3) is 3.01. The molecule has 0 amide bonds. The Balaban J connectivity index is 1.75. The van der Waals surface area contributed by atoms with Gasteiger partial charge in [-0.3, -0.25) is 9.89 Å². The Kier molecular flexibility index (Phi) is 4.55. The summed E-state index contributed by atoms with van der Waals surface area (Å²) in [6.07, 6.45) is 5.85. The Morgan fingerprint density at radius 2 is 2.29 bits per heavy atom. The van der Waals surface area contributed by atoms with Gasteiger partial charge in [-0.05, 0) is 18.6 Å². The predicted octanol–water partition coefficient (Wildman–Crippen LogP) is 1.80. The monoisotopic (exact) mass is 396 g/mol. The Bertz CT molecular complexity index is 1260. The zero-order valence-electron chi connectivity index (χ0n) is 15.8. The highest BCUT2D eigenvalue weighted by molar-refractivity contribution is 7.19. The molecule has 0 aliphatic carbocycles. The van der Waals surface area contributed by atoms with Gasteiger partial charge < -0.3 is 15.3 Å². The molecule has 0 atom stereocenters. The molecule has 4 aromatic heterocycles. The fourth-order valence-electron chi connectivity index (χ4n) is 3.14. The van der Waals surface area contributed by atoms with Crippen LogP contribution >= 0.6 is 11.3 Å². The van der Waals surface area contributed by atoms with Gasteiger partial charge in [0, 0.05) is 38.3 Å². The van der Waals surface area contributed by atoms with E-state index in [0.29, 0.717) is 17.6 Å². The molecule has 0 saturated heterocycles. The second kappa shape index (κ2) is 7.04. The highest BCUT2D eigenvalue weighted by Crippen LogP contribution is 2.31. The van der Waals surface area contributed by atoms with Crippen molar-refractivity contribution in [2.45, 2.75) is 19.9 Å². The van der Waals surface area contributed by atoms with Crippen molar-refractivity contribution in [2.75, 3.05) is 7.05 Å². The Hall–Kier alpha value is -3.27. The Labute approximate surface area is 164 Å². The number of aryl methyl sites for hydroxylation is 1. The van der Waals surface area contributed by atoms with Gasteiger partial charge in [0.15, 0.2) is 5.65 Å². The number of hydrogen-bond acceptors (Lipinski definition) is 7. The number of H-pyrrole nitrogens is 1. The van der Waals surface area contributed by atoms with Crippen LogP contribution in [0, 0.1) is 5.41 Å². The molecule has 28 heavy (non-hydrogen) atoms. The first-order chi connectivity index (χ1) is 13.5. The number of nitrogens with one attached hydrogen (secondary N) is 3. The summed E-state index contributed by atoms with van der Waals surface area (Å²) >= 11 is 1.55. The van der Waals surface area contributed by atoms with Gasteiger partial charge in [0.1, 0.15) is 10.5 Å². The molecule has 0 aromatic carbocycles. The van der Waals surface area contributed by atoms with Gasteiger partial charge >= 0.3 is 0 Å². The lowest BCUT2D eigenvalue weighted by Crippen LogP contribution is -2.27. The number of aromatic amines is 1. The highest BCUT2D eigenvalue weighted by Gasteiger charge is 2.19. The first-order valence-corrected chi connectivity index (χ1v) is 9.55. The van der Waals surface area contributed by atoms with E-state index in [2.05, 4.69) is 20.6 Å². The van der Waals surface area contributed by atoms with Crippen LogP contribution < -0.4 is 10.9 Å². The fourth-order valence-corrected chi connectivity index (χ4v) is 4.26. The van der Waals surface area contributed by atoms with Gasteiger partial charge in [-0.15, -0.1) is 11.3 Å². The van der Waals surface area contributed by atoms with Crippen molar-refractivity contribution >= 4 is 38.3 Å². The number of rotatable bonds is 6. The second-order valence-corrected chi connectivity index (χ2v) is 7.61. The van der Waals surface area contributed by atoms with E-state index in [9.17, 15) is 4.79 Å². The molecule has 0 aliphatic heterocycles. The van der Waals surface area contributed by atoms with Crippen molar-refractivity contribution in [1.29, 1.82) is 5.41 Å². The van der Waals surface area contributed by atoms with Crippen LogP contribution in [0.3, 0.4) is 0 Å². The average molecular weight is 396 g/mol. The summed E-state index contributed by atoms with van der Waals surface area (Å²) in [5.74, 6) is 0. The average Bonchev–Trinajstić information content (AvgIpc) is 3.37. The molecule has 0 bridgehead atoms. The molecule has 0 unspecified atom stereocenters. The van der Waals surface area contributed by atoms with E-state index in [-0.39, 0.29) is 12.1 Å². The van der Waals surface area contributed by atoms with E-state index in [4.69, 9.17) is 10.4 Å². The molecule has 0 fully saturated rings. The molecule has 0 radical (unpaired) electrons. The summed E-state index contributed by atoms with van der Waals surface area (Å²) in [7, 11) is 3.61. The SMILES string of the molecule is CN/C=C(/C)C(=N)Cn1ncc2c3sc(Cc4cc[nH]n4)nc3n(C)c2c1=O. The number of fused-ring (bicyclic) bond motifs is 3. The summed E-state index contributed by atoms with van der Waals surface area (Å²) in [4.78, 5) is 17.7. The van der Waals surface area contributed by atoms with Crippen LogP contribution in [0.1, 0.15) is 17.6 Å². The summed E-state index contributed by atoms with van der Waals surface area (Å²) in [5.41, 5.74) is 3.11. The summed E-state index contributed by atoms with van der Waals surface area (Å²) in [6, 6.07) is 1.92. The molecule has 10 heteroatoms. The van der Waals surface area contributed by atoms with E-state index in [1.165, 1.54) is 4.68 Å². The molecular formula is C18H20N8OS. The molecule has 0 spiro atoms. The van der Waals surface area contributed by atoms with Crippen molar-refractivity contribution in [1.82, 2.24) is 34.8 Å². The minimum absolute atomic E-state index is 0.120. The van der Waals surface area contributed by atoms with Crippen molar-refractivity contribution in [3.63, 3.8) is 0 Å². The van der Waals surface area contributed by atoms with E-state index >= 15 is 0 Å². The van der Waals surface area contributed by atoms with Crippen LogP contribution in [0.2, 0.25) is 0 Å². The third-order valence-corrected chi connectivity index (χ3v) is 5.68. The van der Waals surface area contributed by atoms with Gasteiger partial charge in [-0.1, -0.05) is 0 Å². The van der Waals surface area contributed by atoms with Crippen LogP contribution in [-0.2, 0) is 20.0 Å². The zero-order valence-corrected chi connectivity index (χ0v) is 16.6. The van der Waals surface area contributed by atoms with E-state index in [1.54, 1.807) is 37.0 Å². The second-order valence-electron chi connectivity index (χ2n) is 6.53. The first-order valence-electron chi connectivity index (χ1n) is 8.74. The Morgan fingerprint density at radius 1 is 1.46 bits per heavy atom. The normalized spacial score (nSPS) is 12.2. The van der Waals surface area contributed by atoms with Gasteiger partial charge in [-0.2, -0.15) is 10.2 Å². The van der Waals surface area contributed by atoms with Gasteiger partial charge in [0.25, 0.3) is 5.56 Å². The topological polar surface area (TPSA) is 117 Å². The Morgan fingerprint density at radius 3 is 3.00 bits per heavy atom. The molecule has 144 valence electrons. The van der Waals surface area contributed by atoms with Crippen LogP contribution in [0.25, 0.3) is 21.3 Å². The highest BCUT2D eigenvalue weighted by atomic mass is 32.1. The van der Waals surface area contributed by atoms with E-state index < -0.39 is 0 Å². The van der Waals surface area contributed by atoms with Crippen molar-refractivity contribution < 1.29 is 0 Å². The van der Waals surface area contributed by atoms with Crippen LogP contribution in [-0.4, -0.2) is 42.3 Å². The third-order valence-electron chi connectivity index (χ3n) is 4.61. The lowest BCUT2D eigenvalue weighted by Gasteiger charge is -2.07. The largest absolute Gasteiger partial charge is 0.394 e. The number of nitrogens with zero attached hydrogens (tertiary/aromatic N) is 5. The molecule has 0 saturated carbocycles.